The predicted octanol–water partition coefficient (Wildman–Crippen LogP) is 4.07. The lowest BCUT2D eigenvalue weighted by Gasteiger charge is -2.11. The van der Waals surface area contributed by atoms with Crippen LogP contribution in [0.4, 0.5) is 13.2 Å². The van der Waals surface area contributed by atoms with Gasteiger partial charge in [-0.1, -0.05) is 17.7 Å². The minimum absolute atomic E-state index is 0.0662. The van der Waals surface area contributed by atoms with Crippen molar-refractivity contribution in [2.75, 3.05) is 0 Å². The van der Waals surface area contributed by atoms with Crippen LogP contribution < -0.4 is 0 Å². The summed E-state index contributed by atoms with van der Waals surface area (Å²) in [6.45, 7) is 1.83. The van der Waals surface area contributed by atoms with E-state index in [4.69, 9.17) is 11.6 Å². The van der Waals surface area contributed by atoms with E-state index in [1.807, 2.05) is 6.92 Å². The van der Waals surface area contributed by atoms with Gasteiger partial charge in [0.1, 0.15) is 0 Å². The number of aromatic nitrogens is 2. The average Bonchev–Trinajstić information content (AvgIpc) is 2.58. The molecule has 2 rings (SSSR count). The summed E-state index contributed by atoms with van der Waals surface area (Å²) in [5.41, 5.74) is 1.37. The Morgan fingerprint density at radius 1 is 1.28 bits per heavy atom. The van der Waals surface area contributed by atoms with Gasteiger partial charge in [-0.15, -0.1) is 0 Å². The van der Waals surface area contributed by atoms with E-state index in [2.05, 4.69) is 5.10 Å². The van der Waals surface area contributed by atoms with Gasteiger partial charge in [-0.3, -0.25) is 4.68 Å². The summed E-state index contributed by atoms with van der Waals surface area (Å²) in [5, 5.41) is 4.11. The second-order valence-electron chi connectivity index (χ2n) is 3.99. The summed E-state index contributed by atoms with van der Waals surface area (Å²) >= 11 is 5.93. The fourth-order valence-electron chi connectivity index (χ4n) is 1.82. The van der Waals surface area contributed by atoms with Gasteiger partial charge in [-0.25, -0.2) is 0 Å². The monoisotopic (exact) mass is 274 g/mol. The minimum Gasteiger partial charge on any atom is -0.268 e. The van der Waals surface area contributed by atoms with Crippen LogP contribution in [-0.2, 0) is 13.2 Å². The van der Waals surface area contributed by atoms with Gasteiger partial charge in [0.05, 0.1) is 22.5 Å². The Bertz CT molecular complexity index is 568. The van der Waals surface area contributed by atoms with Crippen LogP contribution in [0.15, 0.2) is 24.4 Å². The van der Waals surface area contributed by atoms with Crippen molar-refractivity contribution >= 4 is 11.6 Å². The molecule has 6 heteroatoms. The second-order valence-corrected chi connectivity index (χ2v) is 4.40. The summed E-state index contributed by atoms with van der Waals surface area (Å²) in [6.07, 6.45) is -2.74. The molecule has 2 nitrogen and oxygen atoms in total. The van der Waals surface area contributed by atoms with E-state index in [0.717, 1.165) is 17.7 Å². The maximum atomic E-state index is 12.5. The molecule has 0 saturated heterocycles. The van der Waals surface area contributed by atoms with Gasteiger partial charge in [0.15, 0.2) is 0 Å². The topological polar surface area (TPSA) is 17.8 Å². The summed E-state index contributed by atoms with van der Waals surface area (Å²) in [7, 11) is 1.72. The van der Waals surface area contributed by atoms with Crippen molar-refractivity contribution in [1.29, 1.82) is 0 Å². The lowest BCUT2D eigenvalue weighted by atomic mass is 10.1. The zero-order valence-corrected chi connectivity index (χ0v) is 10.5. The Morgan fingerprint density at radius 3 is 2.39 bits per heavy atom. The number of nitrogens with zero attached hydrogens (tertiary/aromatic N) is 2. The predicted molar refractivity (Wildman–Crippen MR) is 63.4 cm³/mol. The van der Waals surface area contributed by atoms with Crippen molar-refractivity contribution in [2.24, 2.45) is 7.05 Å². The second kappa shape index (κ2) is 4.31. The number of alkyl halides is 3. The number of halogens is 4. The molecule has 1 aromatic heterocycles. The summed E-state index contributed by atoms with van der Waals surface area (Å²) < 4.78 is 39.2. The van der Waals surface area contributed by atoms with Gasteiger partial charge in [0.25, 0.3) is 0 Å². The molecule has 1 aromatic carbocycles. The van der Waals surface area contributed by atoms with Gasteiger partial charge >= 0.3 is 6.18 Å². The highest BCUT2D eigenvalue weighted by Crippen LogP contribution is 2.36. The molecule has 0 fully saturated rings. The Kier molecular flexibility index (Phi) is 3.11. The molecular formula is C12H10ClF3N2. The van der Waals surface area contributed by atoms with Crippen LogP contribution in [0, 0.1) is 6.92 Å². The van der Waals surface area contributed by atoms with E-state index in [0.29, 0.717) is 11.3 Å². The molecular weight excluding hydrogens is 265 g/mol. The van der Waals surface area contributed by atoms with E-state index in [9.17, 15) is 13.2 Å². The maximum Gasteiger partial charge on any atom is 0.416 e. The third kappa shape index (κ3) is 2.22. The first kappa shape index (κ1) is 13.0. The van der Waals surface area contributed by atoms with Crippen LogP contribution in [0.1, 0.15) is 11.1 Å². The van der Waals surface area contributed by atoms with Crippen molar-refractivity contribution in [3.8, 4) is 11.3 Å². The van der Waals surface area contributed by atoms with Crippen LogP contribution in [0.25, 0.3) is 11.3 Å². The first-order valence-corrected chi connectivity index (χ1v) is 5.54. The van der Waals surface area contributed by atoms with Gasteiger partial charge in [-0.2, -0.15) is 18.3 Å². The molecule has 0 N–H and O–H groups in total. The molecule has 1 heterocycles. The highest BCUT2D eigenvalue weighted by Gasteiger charge is 2.31. The van der Waals surface area contributed by atoms with Gasteiger partial charge < -0.3 is 0 Å². The molecule has 0 radical (unpaired) electrons. The van der Waals surface area contributed by atoms with E-state index >= 15 is 0 Å². The smallest absolute Gasteiger partial charge is 0.268 e. The summed E-state index contributed by atoms with van der Waals surface area (Å²) in [5.74, 6) is 0. The maximum absolute atomic E-state index is 12.5. The number of rotatable bonds is 1. The number of aryl methyl sites for hydroxylation is 2. The minimum atomic E-state index is -4.39. The van der Waals surface area contributed by atoms with Gasteiger partial charge in [0, 0.05) is 12.6 Å². The van der Waals surface area contributed by atoms with Crippen molar-refractivity contribution < 1.29 is 13.2 Å². The Hall–Kier alpha value is -1.49. The van der Waals surface area contributed by atoms with Crippen LogP contribution in [-0.4, -0.2) is 9.78 Å². The van der Waals surface area contributed by atoms with Gasteiger partial charge in [-0.05, 0) is 24.6 Å². The molecule has 0 aliphatic carbocycles. The van der Waals surface area contributed by atoms with Crippen molar-refractivity contribution in [2.45, 2.75) is 13.1 Å². The van der Waals surface area contributed by atoms with E-state index < -0.39 is 11.7 Å². The Balaban J connectivity index is 2.55. The SMILES string of the molecule is Cc1cnn(C)c1-c1ccc(C(F)(F)F)cc1Cl. The summed E-state index contributed by atoms with van der Waals surface area (Å²) in [4.78, 5) is 0. The lowest BCUT2D eigenvalue weighted by Crippen LogP contribution is -2.05. The molecule has 0 amide bonds. The van der Waals surface area contributed by atoms with Crippen molar-refractivity contribution in [3.05, 3.63) is 40.5 Å². The number of hydrogen-bond donors (Lipinski definition) is 0. The van der Waals surface area contributed by atoms with E-state index in [1.54, 1.807) is 17.9 Å². The molecule has 0 aliphatic rings. The van der Waals surface area contributed by atoms with Crippen LogP contribution in [0.3, 0.4) is 0 Å². The standard InChI is InChI=1S/C12H10ClF3N2/c1-7-6-17-18(2)11(7)9-4-3-8(5-10(9)13)12(14,15)16/h3-6H,1-2H3. The Labute approximate surface area is 107 Å². The molecule has 96 valence electrons. The quantitative estimate of drug-likeness (QED) is 0.766. The fourth-order valence-corrected chi connectivity index (χ4v) is 2.09. The fraction of sp³-hybridized carbons (Fsp3) is 0.250. The van der Waals surface area contributed by atoms with Crippen LogP contribution in [0.2, 0.25) is 5.02 Å². The first-order chi connectivity index (χ1) is 8.30. The average molecular weight is 275 g/mol. The zero-order chi connectivity index (χ0) is 13.5. The molecule has 0 atom stereocenters. The normalized spacial score (nSPS) is 11.9. The molecule has 0 spiro atoms. The number of hydrogen-bond acceptors (Lipinski definition) is 1. The number of benzene rings is 1. The molecule has 18 heavy (non-hydrogen) atoms. The third-order valence-corrected chi connectivity index (χ3v) is 2.99. The first-order valence-electron chi connectivity index (χ1n) is 5.16. The van der Waals surface area contributed by atoms with E-state index in [-0.39, 0.29) is 5.02 Å². The van der Waals surface area contributed by atoms with Crippen molar-refractivity contribution in [3.63, 3.8) is 0 Å². The van der Waals surface area contributed by atoms with Crippen LogP contribution >= 0.6 is 11.6 Å². The Morgan fingerprint density at radius 2 is 1.94 bits per heavy atom. The molecule has 0 bridgehead atoms. The molecule has 0 aliphatic heterocycles. The zero-order valence-electron chi connectivity index (χ0n) is 9.72. The highest BCUT2D eigenvalue weighted by molar-refractivity contribution is 6.33. The van der Waals surface area contributed by atoms with Crippen LogP contribution in [0.5, 0.6) is 0 Å². The largest absolute Gasteiger partial charge is 0.416 e. The van der Waals surface area contributed by atoms with Crippen molar-refractivity contribution in [1.82, 2.24) is 9.78 Å². The lowest BCUT2D eigenvalue weighted by molar-refractivity contribution is -0.137. The summed E-state index contributed by atoms with van der Waals surface area (Å²) in [6, 6.07) is 3.33. The molecule has 0 unspecified atom stereocenters. The third-order valence-electron chi connectivity index (χ3n) is 2.67. The highest BCUT2D eigenvalue weighted by atomic mass is 35.5. The molecule has 0 saturated carbocycles. The molecule has 2 aromatic rings. The van der Waals surface area contributed by atoms with E-state index in [1.165, 1.54) is 6.07 Å². The van der Waals surface area contributed by atoms with Gasteiger partial charge in [0.2, 0.25) is 0 Å².